The van der Waals surface area contributed by atoms with Gasteiger partial charge in [-0.1, -0.05) is 36.8 Å². The van der Waals surface area contributed by atoms with Crippen molar-refractivity contribution in [1.29, 1.82) is 0 Å². The van der Waals surface area contributed by atoms with E-state index in [0.717, 1.165) is 6.04 Å². The average molecular weight is 214 g/mol. The quantitative estimate of drug-likeness (QED) is 0.730. The van der Waals surface area contributed by atoms with Gasteiger partial charge in [0, 0.05) is 12.6 Å². The van der Waals surface area contributed by atoms with Gasteiger partial charge >= 0.3 is 0 Å². The van der Waals surface area contributed by atoms with Crippen molar-refractivity contribution >= 4 is 0 Å². The van der Waals surface area contributed by atoms with Crippen molar-refractivity contribution in [1.82, 2.24) is 4.90 Å². The number of hydrogen-bond donors (Lipinski definition) is 0. The van der Waals surface area contributed by atoms with E-state index in [1.807, 2.05) is 0 Å². The molecule has 0 spiro atoms. The topological polar surface area (TPSA) is 3.24 Å². The van der Waals surface area contributed by atoms with Gasteiger partial charge in [0.25, 0.3) is 0 Å². The van der Waals surface area contributed by atoms with E-state index in [1.54, 1.807) is 0 Å². The van der Waals surface area contributed by atoms with E-state index in [0.29, 0.717) is 5.92 Å². The van der Waals surface area contributed by atoms with Crippen LogP contribution in [0.25, 0.3) is 0 Å². The van der Waals surface area contributed by atoms with Crippen LogP contribution in [-0.2, 0) is 0 Å². The maximum atomic E-state index is 2.67. The van der Waals surface area contributed by atoms with Crippen LogP contribution in [-0.4, -0.2) is 24.0 Å². The van der Waals surface area contributed by atoms with Crippen LogP contribution in [0, 0.1) is 6.42 Å². The Morgan fingerprint density at radius 3 is 2.38 bits per heavy atom. The molecule has 1 atom stereocenters. The minimum absolute atomic E-state index is 0.692. The summed E-state index contributed by atoms with van der Waals surface area (Å²) in [6.07, 6.45) is 8.13. The molecular weight excluding hydrogens is 194 g/mol. The third kappa shape index (κ3) is 2.01. The average Bonchev–Trinajstić information content (AvgIpc) is 2.29. The second-order valence-corrected chi connectivity index (χ2v) is 5.12. The number of rotatable bonds is 2. The highest BCUT2D eigenvalue weighted by Crippen LogP contribution is 2.32. The second kappa shape index (κ2) is 4.58. The molecule has 1 saturated heterocycles. The van der Waals surface area contributed by atoms with Crippen LogP contribution in [0.1, 0.15) is 37.2 Å². The van der Waals surface area contributed by atoms with Gasteiger partial charge in [-0.3, -0.25) is 0 Å². The molecule has 1 unspecified atom stereocenters. The standard InChI is InChI=1S/C15H20N/c1-2-5-13(6-3-1)14-9-11-16(12-10-14)15-7-4-8-15/h1-3,5-6,9,14-15H,4,7-8,10-12H2. The van der Waals surface area contributed by atoms with Gasteiger partial charge < -0.3 is 4.90 Å². The van der Waals surface area contributed by atoms with Gasteiger partial charge in [-0.2, -0.15) is 0 Å². The van der Waals surface area contributed by atoms with E-state index in [4.69, 9.17) is 0 Å². The molecule has 1 radical (unpaired) electrons. The molecule has 1 nitrogen and oxygen atoms in total. The number of benzene rings is 1. The lowest BCUT2D eigenvalue weighted by molar-refractivity contribution is 0.118. The summed E-state index contributed by atoms with van der Waals surface area (Å²) in [4.78, 5) is 2.67. The monoisotopic (exact) mass is 214 g/mol. The van der Waals surface area contributed by atoms with Crippen molar-refractivity contribution < 1.29 is 0 Å². The fourth-order valence-electron chi connectivity index (χ4n) is 2.86. The highest BCUT2D eigenvalue weighted by molar-refractivity contribution is 5.23. The zero-order valence-corrected chi connectivity index (χ0v) is 9.81. The molecule has 1 aliphatic heterocycles. The molecule has 1 heterocycles. The van der Waals surface area contributed by atoms with Gasteiger partial charge in [-0.25, -0.2) is 0 Å². The van der Waals surface area contributed by atoms with Crippen molar-refractivity contribution in [3.05, 3.63) is 42.3 Å². The molecule has 0 N–H and O–H groups in total. The lowest BCUT2D eigenvalue weighted by atomic mass is 9.85. The first-order valence-corrected chi connectivity index (χ1v) is 6.56. The maximum Gasteiger partial charge on any atom is 0.00954 e. The summed E-state index contributed by atoms with van der Waals surface area (Å²) in [7, 11) is 0. The first-order valence-electron chi connectivity index (χ1n) is 6.56. The fourth-order valence-corrected chi connectivity index (χ4v) is 2.86. The van der Waals surface area contributed by atoms with Crippen LogP contribution in [0.4, 0.5) is 0 Å². The smallest absolute Gasteiger partial charge is 0.00954 e. The van der Waals surface area contributed by atoms with Crippen LogP contribution in [0.15, 0.2) is 30.3 Å². The Balaban J connectivity index is 1.58. The summed E-state index contributed by atoms with van der Waals surface area (Å²) >= 11 is 0. The first kappa shape index (κ1) is 10.3. The second-order valence-electron chi connectivity index (χ2n) is 5.12. The Kier molecular flexibility index (Phi) is 2.96. The zero-order valence-electron chi connectivity index (χ0n) is 9.81. The molecule has 1 saturated carbocycles. The minimum atomic E-state index is 0.692. The van der Waals surface area contributed by atoms with E-state index in [1.165, 1.54) is 44.3 Å². The molecule has 1 aromatic carbocycles. The molecule has 0 aromatic heterocycles. The summed E-state index contributed by atoms with van der Waals surface area (Å²) < 4.78 is 0. The SMILES string of the molecule is [CH]1CN(C2CCC2)CCC1c1ccccc1. The summed E-state index contributed by atoms with van der Waals surface area (Å²) in [5.74, 6) is 0.692. The summed E-state index contributed by atoms with van der Waals surface area (Å²) in [6, 6.07) is 11.9. The van der Waals surface area contributed by atoms with E-state index >= 15 is 0 Å². The molecule has 2 aliphatic rings. The number of hydrogen-bond acceptors (Lipinski definition) is 1. The van der Waals surface area contributed by atoms with Crippen molar-refractivity contribution in [2.45, 2.75) is 37.6 Å². The maximum absolute atomic E-state index is 2.67. The number of nitrogens with zero attached hydrogens (tertiary/aromatic N) is 1. The molecule has 1 heteroatoms. The van der Waals surface area contributed by atoms with Crippen LogP contribution in [0.5, 0.6) is 0 Å². The van der Waals surface area contributed by atoms with Gasteiger partial charge in [0.15, 0.2) is 0 Å². The third-order valence-electron chi connectivity index (χ3n) is 4.17. The molecule has 1 aliphatic carbocycles. The molecular formula is C15H20N. The third-order valence-corrected chi connectivity index (χ3v) is 4.17. The number of likely N-dealkylation sites (tertiary alicyclic amines) is 1. The van der Waals surface area contributed by atoms with Crippen LogP contribution < -0.4 is 0 Å². The van der Waals surface area contributed by atoms with Crippen molar-refractivity contribution in [2.24, 2.45) is 0 Å². The normalized spacial score (nSPS) is 24.2. The molecule has 3 rings (SSSR count). The van der Waals surface area contributed by atoms with E-state index < -0.39 is 0 Å². The molecule has 0 amide bonds. The Bertz CT molecular complexity index is 321. The van der Waals surface area contributed by atoms with Gasteiger partial charge in [0.2, 0.25) is 0 Å². The molecule has 85 valence electrons. The highest BCUT2D eigenvalue weighted by atomic mass is 15.2. The van der Waals surface area contributed by atoms with Gasteiger partial charge in [0.05, 0.1) is 0 Å². The predicted molar refractivity (Wildman–Crippen MR) is 67.3 cm³/mol. The lowest BCUT2D eigenvalue weighted by Gasteiger charge is -2.41. The Labute approximate surface area is 98.5 Å². The molecule has 2 fully saturated rings. The summed E-state index contributed by atoms with van der Waals surface area (Å²) in [5, 5.41) is 0. The Hall–Kier alpha value is -0.820. The van der Waals surface area contributed by atoms with Crippen molar-refractivity contribution in [3.8, 4) is 0 Å². The number of piperidine rings is 1. The van der Waals surface area contributed by atoms with Crippen LogP contribution >= 0.6 is 0 Å². The van der Waals surface area contributed by atoms with Crippen LogP contribution in [0.2, 0.25) is 0 Å². The van der Waals surface area contributed by atoms with Crippen molar-refractivity contribution in [3.63, 3.8) is 0 Å². The van der Waals surface area contributed by atoms with E-state index in [-0.39, 0.29) is 0 Å². The predicted octanol–water partition coefficient (Wildman–Crippen LogP) is 3.23. The Morgan fingerprint density at radius 1 is 1.00 bits per heavy atom. The zero-order chi connectivity index (χ0) is 10.8. The molecule has 1 aromatic rings. The minimum Gasteiger partial charge on any atom is -0.300 e. The fraction of sp³-hybridized carbons (Fsp3) is 0.533. The summed E-state index contributed by atoms with van der Waals surface area (Å²) in [6.45, 7) is 2.49. The summed E-state index contributed by atoms with van der Waals surface area (Å²) in [5.41, 5.74) is 1.50. The largest absolute Gasteiger partial charge is 0.300 e. The van der Waals surface area contributed by atoms with Crippen LogP contribution in [0.3, 0.4) is 0 Å². The molecule has 0 bridgehead atoms. The van der Waals surface area contributed by atoms with Gasteiger partial charge in [-0.15, -0.1) is 0 Å². The van der Waals surface area contributed by atoms with Gasteiger partial charge in [-0.05, 0) is 43.7 Å². The molecule has 16 heavy (non-hydrogen) atoms. The highest BCUT2D eigenvalue weighted by Gasteiger charge is 2.29. The van der Waals surface area contributed by atoms with Crippen molar-refractivity contribution in [2.75, 3.05) is 13.1 Å². The Morgan fingerprint density at radius 2 is 1.81 bits per heavy atom. The van der Waals surface area contributed by atoms with E-state index in [2.05, 4.69) is 41.7 Å². The first-order chi connectivity index (χ1) is 7.93. The van der Waals surface area contributed by atoms with E-state index in [9.17, 15) is 0 Å². The lowest BCUT2D eigenvalue weighted by Crippen LogP contribution is -2.44. The van der Waals surface area contributed by atoms with Gasteiger partial charge in [0.1, 0.15) is 0 Å².